The SMILES string of the molecule is CC(=O)Nc1ccc(C2=N/C(=C\c3cc(Br)c(OCc4ccc(F)cc4)c(Br)c3)C(=O)O2)cc1. The predicted molar refractivity (Wildman–Crippen MR) is 134 cm³/mol. The molecule has 0 atom stereocenters. The van der Waals surface area contributed by atoms with Gasteiger partial charge in [0.25, 0.3) is 0 Å². The van der Waals surface area contributed by atoms with Gasteiger partial charge in [-0.25, -0.2) is 14.2 Å². The molecule has 0 radical (unpaired) electrons. The summed E-state index contributed by atoms with van der Waals surface area (Å²) in [4.78, 5) is 27.8. The number of hydrogen-bond acceptors (Lipinski definition) is 5. The maximum absolute atomic E-state index is 13.1. The summed E-state index contributed by atoms with van der Waals surface area (Å²) in [7, 11) is 0. The van der Waals surface area contributed by atoms with E-state index in [1.165, 1.54) is 19.1 Å². The van der Waals surface area contributed by atoms with E-state index in [4.69, 9.17) is 9.47 Å². The van der Waals surface area contributed by atoms with Crippen LogP contribution in [-0.4, -0.2) is 17.8 Å². The zero-order chi connectivity index (χ0) is 24.2. The molecule has 3 aromatic carbocycles. The largest absolute Gasteiger partial charge is 0.487 e. The van der Waals surface area contributed by atoms with E-state index in [2.05, 4.69) is 42.2 Å². The molecule has 1 aliphatic heterocycles. The van der Waals surface area contributed by atoms with E-state index < -0.39 is 5.97 Å². The second kappa shape index (κ2) is 10.3. The quantitative estimate of drug-likeness (QED) is 0.274. The summed E-state index contributed by atoms with van der Waals surface area (Å²) in [6, 6.07) is 16.5. The van der Waals surface area contributed by atoms with Crippen molar-refractivity contribution < 1.29 is 23.5 Å². The molecule has 9 heteroatoms. The molecular formula is C25H17Br2FN2O4. The van der Waals surface area contributed by atoms with Crippen molar-refractivity contribution in [2.45, 2.75) is 13.5 Å². The summed E-state index contributed by atoms with van der Waals surface area (Å²) in [5, 5.41) is 2.68. The molecule has 0 saturated heterocycles. The first-order chi connectivity index (χ1) is 16.3. The molecule has 0 aliphatic carbocycles. The highest BCUT2D eigenvalue weighted by Crippen LogP contribution is 2.36. The lowest BCUT2D eigenvalue weighted by atomic mass is 10.2. The Balaban J connectivity index is 1.51. The molecule has 0 saturated carbocycles. The first kappa shape index (κ1) is 23.8. The number of rotatable bonds is 6. The Morgan fingerprint density at radius 2 is 1.74 bits per heavy atom. The molecule has 1 heterocycles. The van der Waals surface area contributed by atoms with Gasteiger partial charge in [-0.05, 0) is 97.6 Å². The van der Waals surface area contributed by atoms with Crippen LogP contribution < -0.4 is 10.1 Å². The lowest BCUT2D eigenvalue weighted by Crippen LogP contribution is -2.07. The predicted octanol–water partition coefficient (Wildman–Crippen LogP) is 6.23. The molecule has 3 aromatic rings. The van der Waals surface area contributed by atoms with E-state index in [-0.39, 0.29) is 29.9 Å². The molecular weight excluding hydrogens is 571 g/mol. The fourth-order valence-corrected chi connectivity index (χ4v) is 4.58. The van der Waals surface area contributed by atoms with Gasteiger partial charge in [0, 0.05) is 18.2 Å². The van der Waals surface area contributed by atoms with Gasteiger partial charge in [0.05, 0.1) is 8.95 Å². The average molecular weight is 588 g/mol. The number of esters is 1. The monoisotopic (exact) mass is 586 g/mol. The highest BCUT2D eigenvalue weighted by molar-refractivity contribution is 9.11. The first-order valence-electron chi connectivity index (χ1n) is 10.1. The Labute approximate surface area is 211 Å². The maximum Gasteiger partial charge on any atom is 0.363 e. The number of hydrogen-bond donors (Lipinski definition) is 1. The molecule has 0 fully saturated rings. The molecule has 4 rings (SSSR count). The van der Waals surface area contributed by atoms with E-state index >= 15 is 0 Å². The van der Waals surface area contributed by atoms with Crippen molar-refractivity contribution in [3.05, 3.63) is 97.8 Å². The van der Waals surface area contributed by atoms with Crippen molar-refractivity contribution in [3.63, 3.8) is 0 Å². The van der Waals surface area contributed by atoms with Crippen LogP contribution in [0.15, 0.2) is 80.3 Å². The number of halogens is 3. The highest BCUT2D eigenvalue weighted by atomic mass is 79.9. The van der Waals surface area contributed by atoms with Crippen molar-refractivity contribution in [1.82, 2.24) is 0 Å². The van der Waals surface area contributed by atoms with Crippen molar-refractivity contribution in [3.8, 4) is 5.75 Å². The van der Waals surface area contributed by atoms with Gasteiger partial charge in [-0.3, -0.25) is 4.79 Å². The molecule has 1 N–H and O–H groups in total. The van der Waals surface area contributed by atoms with Crippen molar-refractivity contribution in [1.29, 1.82) is 0 Å². The van der Waals surface area contributed by atoms with Gasteiger partial charge in [0.2, 0.25) is 11.8 Å². The molecule has 0 aromatic heterocycles. The van der Waals surface area contributed by atoms with Gasteiger partial charge in [0.15, 0.2) is 5.70 Å². The Morgan fingerprint density at radius 3 is 2.35 bits per heavy atom. The van der Waals surface area contributed by atoms with Crippen LogP contribution in [0, 0.1) is 5.82 Å². The Kier molecular flexibility index (Phi) is 7.23. The van der Waals surface area contributed by atoms with Crippen LogP contribution in [0.5, 0.6) is 5.75 Å². The molecule has 0 unspecified atom stereocenters. The van der Waals surface area contributed by atoms with Crippen molar-refractivity contribution in [2.24, 2.45) is 4.99 Å². The van der Waals surface area contributed by atoms with Crippen molar-refractivity contribution in [2.75, 3.05) is 5.32 Å². The lowest BCUT2D eigenvalue weighted by Gasteiger charge is -2.11. The van der Waals surface area contributed by atoms with Gasteiger partial charge < -0.3 is 14.8 Å². The minimum Gasteiger partial charge on any atom is -0.487 e. The Bertz CT molecular complexity index is 1300. The number of cyclic esters (lactones) is 1. The normalized spacial score (nSPS) is 14.1. The summed E-state index contributed by atoms with van der Waals surface area (Å²) in [5.41, 5.74) is 2.92. The minimum absolute atomic E-state index is 0.153. The number of nitrogens with zero attached hydrogens (tertiary/aromatic N) is 1. The molecule has 6 nitrogen and oxygen atoms in total. The third kappa shape index (κ3) is 5.78. The van der Waals surface area contributed by atoms with Gasteiger partial charge in [-0.1, -0.05) is 12.1 Å². The van der Waals surface area contributed by atoms with Gasteiger partial charge in [0.1, 0.15) is 18.2 Å². The molecule has 172 valence electrons. The van der Waals surface area contributed by atoms with E-state index in [1.807, 2.05) is 0 Å². The summed E-state index contributed by atoms with van der Waals surface area (Å²) >= 11 is 6.99. The van der Waals surface area contributed by atoms with Crippen LogP contribution in [0.25, 0.3) is 6.08 Å². The minimum atomic E-state index is -0.565. The maximum atomic E-state index is 13.1. The van der Waals surface area contributed by atoms with Gasteiger partial charge in [-0.15, -0.1) is 0 Å². The smallest absolute Gasteiger partial charge is 0.363 e. The summed E-state index contributed by atoms with van der Waals surface area (Å²) in [6.07, 6.45) is 1.61. The molecule has 0 bridgehead atoms. The van der Waals surface area contributed by atoms with Crippen LogP contribution >= 0.6 is 31.9 Å². The standard InChI is InChI=1S/C25H17Br2FN2O4/c1-14(31)29-19-8-4-17(5-9-19)24-30-22(25(32)34-24)12-16-10-20(26)23(21(27)11-16)33-13-15-2-6-18(28)7-3-15/h2-12H,13H2,1H3,(H,29,31)/b22-12-. The Morgan fingerprint density at radius 1 is 1.09 bits per heavy atom. The fraction of sp³-hybridized carbons (Fsp3) is 0.0800. The van der Waals surface area contributed by atoms with Gasteiger partial charge in [-0.2, -0.15) is 0 Å². The molecule has 1 amide bonds. The second-order valence-corrected chi connectivity index (χ2v) is 9.03. The fourth-order valence-electron chi connectivity index (χ4n) is 3.13. The van der Waals surface area contributed by atoms with Crippen LogP contribution in [0.1, 0.15) is 23.6 Å². The third-order valence-electron chi connectivity index (χ3n) is 4.69. The average Bonchev–Trinajstić information content (AvgIpc) is 3.14. The van der Waals surface area contributed by atoms with Gasteiger partial charge >= 0.3 is 5.97 Å². The number of carbonyl (C=O) groups is 2. The van der Waals surface area contributed by atoms with E-state index in [0.29, 0.717) is 31.5 Å². The zero-order valence-corrected chi connectivity index (χ0v) is 20.9. The summed E-state index contributed by atoms with van der Waals surface area (Å²) < 4.78 is 25.6. The number of carbonyl (C=O) groups excluding carboxylic acids is 2. The number of amides is 1. The van der Waals surface area contributed by atoms with E-state index in [0.717, 1.165) is 5.56 Å². The number of aliphatic imine (C=N–C) groups is 1. The zero-order valence-electron chi connectivity index (χ0n) is 17.8. The topological polar surface area (TPSA) is 77.0 Å². The third-order valence-corrected chi connectivity index (χ3v) is 5.87. The van der Waals surface area contributed by atoms with E-state index in [9.17, 15) is 14.0 Å². The Hall–Kier alpha value is -3.30. The number of anilines is 1. The molecule has 1 aliphatic rings. The van der Waals surface area contributed by atoms with Crippen LogP contribution in [0.2, 0.25) is 0 Å². The van der Waals surface area contributed by atoms with E-state index in [1.54, 1.807) is 54.6 Å². The van der Waals surface area contributed by atoms with Crippen LogP contribution in [0.3, 0.4) is 0 Å². The number of ether oxygens (including phenoxy) is 2. The summed E-state index contributed by atoms with van der Waals surface area (Å²) in [6.45, 7) is 1.69. The summed E-state index contributed by atoms with van der Waals surface area (Å²) in [5.74, 6) is -0.287. The number of nitrogens with one attached hydrogen (secondary N) is 1. The molecule has 34 heavy (non-hydrogen) atoms. The van der Waals surface area contributed by atoms with Crippen molar-refractivity contribution >= 4 is 61.4 Å². The molecule has 0 spiro atoms. The second-order valence-electron chi connectivity index (χ2n) is 7.32. The van der Waals surface area contributed by atoms with Crippen LogP contribution in [0.4, 0.5) is 10.1 Å². The lowest BCUT2D eigenvalue weighted by molar-refractivity contribution is -0.129. The highest BCUT2D eigenvalue weighted by Gasteiger charge is 2.24. The first-order valence-corrected chi connectivity index (χ1v) is 11.6. The number of benzene rings is 3. The van der Waals surface area contributed by atoms with Crippen LogP contribution in [-0.2, 0) is 20.9 Å².